The molecule has 5 atom stereocenters. The van der Waals surface area contributed by atoms with Crippen LogP contribution in [-0.4, -0.2) is 35.6 Å². The zero-order chi connectivity index (χ0) is 22.3. The lowest BCUT2D eigenvalue weighted by molar-refractivity contribution is -0.773. The van der Waals surface area contributed by atoms with E-state index >= 15 is 0 Å². The van der Waals surface area contributed by atoms with Gasteiger partial charge in [-0.2, -0.15) is 0 Å². The summed E-state index contributed by atoms with van der Waals surface area (Å²) in [5.41, 5.74) is 1.65. The van der Waals surface area contributed by atoms with Gasteiger partial charge in [-0.25, -0.2) is 4.79 Å². The molecule has 0 unspecified atom stereocenters. The van der Waals surface area contributed by atoms with Crippen LogP contribution in [0.3, 0.4) is 0 Å². The molecule has 0 N–H and O–H groups in total. The predicted octanol–water partition coefficient (Wildman–Crippen LogP) is 5.00. The summed E-state index contributed by atoms with van der Waals surface area (Å²) in [6.45, 7) is 3.83. The maximum Gasteiger partial charge on any atom is 0.338 e. The molecule has 2 aromatic rings. The zero-order valence-electron chi connectivity index (χ0n) is 18.0. The summed E-state index contributed by atoms with van der Waals surface area (Å²) in [5, 5.41) is 12.3. The van der Waals surface area contributed by atoms with E-state index in [1.165, 1.54) is 11.8 Å². The van der Waals surface area contributed by atoms with Gasteiger partial charge in [-0.15, -0.1) is 6.58 Å². The summed E-state index contributed by atoms with van der Waals surface area (Å²) in [6, 6.07) is 19.0. The van der Waals surface area contributed by atoms with Gasteiger partial charge in [-0.1, -0.05) is 67.4 Å². The molecule has 0 saturated heterocycles. The van der Waals surface area contributed by atoms with Crippen LogP contribution in [-0.2, 0) is 14.3 Å². The number of rotatable bonds is 7. The Morgan fingerprint density at radius 3 is 2.50 bits per heavy atom. The second kappa shape index (κ2) is 10.5. The van der Waals surface area contributed by atoms with Crippen LogP contribution in [0.4, 0.5) is 0 Å². The first-order chi connectivity index (χ1) is 15.7. The topological polar surface area (TPSA) is 70.8 Å². The molecular formula is C26H29NO5. The maximum atomic E-state index is 12.6. The molecule has 1 aliphatic heterocycles. The number of carbonyl (C=O) groups excluding carboxylic acids is 1. The van der Waals surface area contributed by atoms with Crippen LogP contribution in [0.25, 0.3) is 0 Å². The number of hydrogen-bond donors (Lipinski definition) is 0. The van der Waals surface area contributed by atoms with Gasteiger partial charge in [-0.05, 0) is 37.0 Å². The third-order valence-corrected chi connectivity index (χ3v) is 6.18. The number of nitrogens with zero attached hydrogens (tertiary/aromatic N) is 1. The molecule has 1 aliphatic carbocycles. The highest BCUT2D eigenvalue weighted by Crippen LogP contribution is 2.37. The third kappa shape index (κ3) is 5.19. The fourth-order valence-electron chi connectivity index (χ4n) is 4.56. The summed E-state index contributed by atoms with van der Waals surface area (Å²) in [4.78, 5) is 18.5. The van der Waals surface area contributed by atoms with Crippen molar-refractivity contribution >= 4 is 12.2 Å². The largest absolute Gasteiger partial charge is 0.447 e. The van der Waals surface area contributed by atoms with Crippen LogP contribution in [0.5, 0.6) is 0 Å². The highest BCUT2D eigenvalue weighted by molar-refractivity contribution is 5.90. The molecule has 6 heteroatoms. The number of esters is 1. The van der Waals surface area contributed by atoms with Crippen LogP contribution in [0.2, 0.25) is 0 Å². The summed E-state index contributed by atoms with van der Waals surface area (Å²) in [5.74, 6) is -0.632. The second-order valence-corrected chi connectivity index (χ2v) is 8.31. The van der Waals surface area contributed by atoms with Crippen LogP contribution in [0.15, 0.2) is 73.3 Å². The normalized spacial score (nSPS) is 27.6. The van der Waals surface area contributed by atoms with Crippen LogP contribution in [0.1, 0.15) is 53.9 Å². The summed E-state index contributed by atoms with van der Waals surface area (Å²) in [7, 11) is 0. The number of benzene rings is 2. The molecule has 2 aromatic carbocycles. The van der Waals surface area contributed by atoms with Gasteiger partial charge in [0.1, 0.15) is 0 Å². The molecule has 0 aromatic heterocycles. The van der Waals surface area contributed by atoms with Crippen molar-refractivity contribution in [1.29, 1.82) is 0 Å². The number of ether oxygens (including phenoxy) is 2. The fourth-order valence-corrected chi connectivity index (χ4v) is 4.56. The minimum Gasteiger partial charge on any atom is -0.447 e. The first kappa shape index (κ1) is 22.1. The number of allylic oxidation sites excluding steroid dienone is 1. The monoisotopic (exact) mass is 435 g/mol. The maximum absolute atomic E-state index is 12.6. The highest BCUT2D eigenvalue weighted by Gasteiger charge is 2.41. The van der Waals surface area contributed by atoms with Gasteiger partial charge in [0.05, 0.1) is 17.6 Å². The first-order valence-electron chi connectivity index (χ1n) is 11.2. The molecule has 4 rings (SSSR count). The Balaban J connectivity index is 1.52. The average Bonchev–Trinajstić information content (AvgIpc) is 2.82. The Hall–Kier alpha value is -3.12. The van der Waals surface area contributed by atoms with Crippen molar-refractivity contribution in [3.05, 3.63) is 89.7 Å². The van der Waals surface area contributed by atoms with Crippen molar-refractivity contribution in [1.82, 2.24) is 0 Å². The van der Waals surface area contributed by atoms with Gasteiger partial charge in [0.25, 0.3) is 6.21 Å². The van der Waals surface area contributed by atoms with Crippen molar-refractivity contribution in [3.8, 4) is 0 Å². The molecule has 0 bridgehead atoms. The molecular weight excluding hydrogens is 406 g/mol. The zero-order valence-corrected chi connectivity index (χ0v) is 18.0. The average molecular weight is 436 g/mol. The molecule has 1 saturated carbocycles. The predicted molar refractivity (Wildman–Crippen MR) is 121 cm³/mol. The van der Waals surface area contributed by atoms with Crippen LogP contribution >= 0.6 is 0 Å². The molecule has 0 spiro atoms. The molecule has 1 fully saturated rings. The smallest absolute Gasteiger partial charge is 0.338 e. The van der Waals surface area contributed by atoms with Gasteiger partial charge in [0.15, 0.2) is 12.4 Å². The van der Waals surface area contributed by atoms with Crippen molar-refractivity contribution in [2.24, 2.45) is 5.92 Å². The Morgan fingerprint density at radius 1 is 1.09 bits per heavy atom. The Kier molecular flexibility index (Phi) is 7.22. The van der Waals surface area contributed by atoms with Crippen molar-refractivity contribution in [3.63, 3.8) is 0 Å². The van der Waals surface area contributed by atoms with E-state index in [0.717, 1.165) is 25.7 Å². The van der Waals surface area contributed by atoms with Crippen LogP contribution in [0, 0.1) is 11.1 Å². The van der Waals surface area contributed by atoms with Crippen molar-refractivity contribution in [2.75, 3.05) is 0 Å². The van der Waals surface area contributed by atoms with Gasteiger partial charge >= 0.3 is 5.97 Å². The SMILES string of the molecule is C=CC[C@H]1[C@@H](O[C@@H]2CCCC[C@H]2c2ccccc2)O[N+]([O-])=C[C@@H]1OC(=O)c1ccccc1. The first-order valence-corrected chi connectivity index (χ1v) is 11.2. The van der Waals surface area contributed by atoms with E-state index < -0.39 is 18.4 Å². The lowest BCUT2D eigenvalue weighted by atomic mass is 9.81. The number of hydrogen-bond acceptors (Lipinski definition) is 5. The van der Waals surface area contributed by atoms with Gasteiger partial charge < -0.3 is 14.3 Å². The van der Waals surface area contributed by atoms with E-state index in [-0.39, 0.29) is 17.9 Å². The molecule has 32 heavy (non-hydrogen) atoms. The quantitative estimate of drug-likeness (QED) is 0.348. The molecule has 0 amide bonds. The van der Waals surface area contributed by atoms with Crippen LogP contribution < -0.4 is 0 Å². The molecule has 2 aliphatic rings. The summed E-state index contributed by atoms with van der Waals surface area (Å²) < 4.78 is 12.1. The van der Waals surface area contributed by atoms with E-state index in [9.17, 15) is 10.0 Å². The van der Waals surface area contributed by atoms with E-state index in [1.54, 1.807) is 30.3 Å². The van der Waals surface area contributed by atoms with Crippen molar-refractivity contribution in [2.45, 2.75) is 56.5 Å². The number of carbonyl (C=O) groups is 1. The molecule has 1 heterocycles. The fraction of sp³-hybridized carbons (Fsp3) is 0.385. The van der Waals surface area contributed by atoms with Gasteiger partial charge in [0.2, 0.25) is 0 Å². The minimum absolute atomic E-state index is 0.0829. The lowest BCUT2D eigenvalue weighted by Crippen LogP contribution is -2.48. The molecule has 0 radical (unpaired) electrons. The van der Waals surface area contributed by atoms with E-state index in [1.807, 2.05) is 24.3 Å². The summed E-state index contributed by atoms with van der Waals surface area (Å²) in [6.07, 6.45) is 5.86. The van der Waals surface area contributed by atoms with E-state index in [2.05, 4.69) is 18.7 Å². The van der Waals surface area contributed by atoms with Crippen molar-refractivity contribution < 1.29 is 24.0 Å². The van der Waals surface area contributed by atoms with E-state index in [0.29, 0.717) is 16.9 Å². The molecule has 168 valence electrons. The summed E-state index contributed by atoms with van der Waals surface area (Å²) >= 11 is 0. The van der Waals surface area contributed by atoms with Gasteiger partial charge in [-0.3, -0.25) is 5.21 Å². The highest BCUT2D eigenvalue weighted by atomic mass is 16.9. The standard InChI is InChI=1S/C26H29NO5/c1-2-11-22-24(30-25(28)20-14-7-4-8-15-20)18-27(29)32-26(22)31-23-17-10-9-16-21(23)19-12-5-3-6-13-19/h2-8,12-15,18,21-24,26H,1,9-11,16-17H2/t21-,22+,23+,24-,26-/m0/s1. The Morgan fingerprint density at radius 2 is 1.78 bits per heavy atom. The molecule has 6 nitrogen and oxygen atoms in total. The van der Waals surface area contributed by atoms with Gasteiger partial charge in [0, 0.05) is 10.8 Å². The van der Waals surface area contributed by atoms with E-state index in [4.69, 9.17) is 14.3 Å². The Bertz CT molecular complexity index is 930. The lowest BCUT2D eigenvalue weighted by Gasteiger charge is -2.40. The Labute approximate surface area is 188 Å². The second-order valence-electron chi connectivity index (χ2n) is 8.31. The minimum atomic E-state index is -0.835. The third-order valence-electron chi connectivity index (χ3n) is 6.18.